The molecule has 3 rings (SSSR count). The van der Waals surface area contributed by atoms with E-state index in [9.17, 15) is 4.79 Å². The number of thioether (sulfide) groups is 1. The van der Waals surface area contributed by atoms with Gasteiger partial charge in [-0.2, -0.15) is 0 Å². The molecule has 7 heteroatoms. The third-order valence-corrected chi connectivity index (χ3v) is 5.53. The van der Waals surface area contributed by atoms with Crippen LogP contribution in [0.5, 0.6) is 0 Å². The fraction of sp³-hybridized carbons (Fsp3) is 0.750. The molecular weight excluding hydrogens is 310 g/mol. The Labute approximate surface area is 142 Å². The Balaban J connectivity index is 1.82. The van der Waals surface area contributed by atoms with Crippen molar-refractivity contribution in [2.24, 2.45) is 0 Å². The van der Waals surface area contributed by atoms with E-state index in [1.807, 2.05) is 4.57 Å². The fourth-order valence-electron chi connectivity index (χ4n) is 3.05. The number of nitrogens with zero attached hydrogens (tertiary/aromatic N) is 4. The lowest BCUT2D eigenvalue weighted by molar-refractivity contribution is 0.178. The van der Waals surface area contributed by atoms with E-state index in [4.69, 9.17) is 4.98 Å². The standard InChI is InChI=1S/C16H27N5OS/c1-3-4-5-6-13-14(18-20-9-7-19(2)8-10-20)17-16-21(15(13)22)11-12-23-16/h18H,3-12H2,1-2H3. The summed E-state index contributed by atoms with van der Waals surface area (Å²) in [7, 11) is 2.14. The van der Waals surface area contributed by atoms with Gasteiger partial charge in [0, 0.05) is 38.5 Å². The monoisotopic (exact) mass is 337 g/mol. The number of hydrogen-bond acceptors (Lipinski definition) is 6. The lowest BCUT2D eigenvalue weighted by atomic mass is 10.1. The quantitative estimate of drug-likeness (QED) is 0.629. The van der Waals surface area contributed by atoms with Crippen molar-refractivity contribution in [3.63, 3.8) is 0 Å². The summed E-state index contributed by atoms with van der Waals surface area (Å²) in [6, 6.07) is 0. The van der Waals surface area contributed by atoms with Crippen LogP contribution in [0, 0.1) is 0 Å². The molecule has 0 unspecified atom stereocenters. The number of hydrogen-bond donors (Lipinski definition) is 1. The van der Waals surface area contributed by atoms with Gasteiger partial charge in [0.15, 0.2) is 11.0 Å². The number of likely N-dealkylation sites (N-methyl/N-ethyl adjacent to an activating group) is 1. The van der Waals surface area contributed by atoms with E-state index in [2.05, 4.69) is 29.3 Å². The van der Waals surface area contributed by atoms with Gasteiger partial charge in [-0.25, -0.2) is 9.99 Å². The highest BCUT2D eigenvalue weighted by Crippen LogP contribution is 2.25. The predicted molar refractivity (Wildman–Crippen MR) is 95.1 cm³/mol. The van der Waals surface area contributed by atoms with Crippen molar-refractivity contribution >= 4 is 17.6 Å². The summed E-state index contributed by atoms with van der Waals surface area (Å²) in [4.78, 5) is 19.9. The highest BCUT2D eigenvalue weighted by Gasteiger charge is 2.22. The van der Waals surface area contributed by atoms with Crippen LogP contribution in [0.25, 0.3) is 0 Å². The summed E-state index contributed by atoms with van der Waals surface area (Å²) in [6.07, 6.45) is 4.19. The molecule has 6 nitrogen and oxygen atoms in total. The number of unbranched alkanes of at least 4 members (excludes halogenated alkanes) is 2. The smallest absolute Gasteiger partial charge is 0.259 e. The van der Waals surface area contributed by atoms with Gasteiger partial charge < -0.3 is 10.3 Å². The van der Waals surface area contributed by atoms with Gasteiger partial charge in [0.1, 0.15) is 0 Å². The summed E-state index contributed by atoms with van der Waals surface area (Å²) >= 11 is 1.68. The molecule has 2 aliphatic heterocycles. The van der Waals surface area contributed by atoms with Gasteiger partial charge in [-0.15, -0.1) is 0 Å². The van der Waals surface area contributed by atoms with Crippen molar-refractivity contribution in [1.82, 2.24) is 19.5 Å². The molecular formula is C16H27N5OS. The first kappa shape index (κ1) is 16.8. The molecule has 1 fully saturated rings. The number of nitrogens with one attached hydrogen (secondary N) is 1. The van der Waals surface area contributed by atoms with Crippen molar-refractivity contribution < 1.29 is 0 Å². The van der Waals surface area contributed by atoms with Crippen LogP contribution in [0.15, 0.2) is 9.95 Å². The second-order valence-electron chi connectivity index (χ2n) is 6.39. The zero-order valence-corrected chi connectivity index (χ0v) is 15.0. The van der Waals surface area contributed by atoms with E-state index in [0.717, 1.165) is 80.7 Å². The van der Waals surface area contributed by atoms with Crippen LogP contribution >= 0.6 is 11.8 Å². The molecule has 0 spiro atoms. The molecule has 0 radical (unpaired) electrons. The van der Waals surface area contributed by atoms with Crippen molar-refractivity contribution in [2.75, 3.05) is 44.4 Å². The van der Waals surface area contributed by atoms with E-state index >= 15 is 0 Å². The number of aromatic nitrogens is 2. The molecule has 1 aromatic rings. The van der Waals surface area contributed by atoms with Gasteiger partial charge in [0.2, 0.25) is 0 Å². The average Bonchev–Trinajstić information content (AvgIpc) is 3.01. The van der Waals surface area contributed by atoms with Gasteiger partial charge in [-0.3, -0.25) is 9.36 Å². The number of anilines is 1. The number of piperazine rings is 1. The Bertz CT molecular complexity index is 595. The molecule has 1 N–H and O–H groups in total. The van der Waals surface area contributed by atoms with Gasteiger partial charge >= 0.3 is 0 Å². The first-order valence-electron chi connectivity index (χ1n) is 8.65. The van der Waals surface area contributed by atoms with Crippen LogP contribution in [-0.2, 0) is 13.0 Å². The van der Waals surface area contributed by atoms with Gasteiger partial charge in [-0.05, 0) is 19.9 Å². The Hall–Kier alpha value is -1.05. The molecule has 1 aromatic heterocycles. The Morgan fingerprint density at radius 1 is 1.17 bits per heavy atom. The Morgan fingerprint density at radius 3 is 2.70 bits per heavy atom. The largest absolute Gasteiger partial charge is 0.304 e. The number of hydrazine groups is 1. The minimum Gasteiger partial charge on any atom is -0.304 e. The third kappa shape index (κ3) is 3.89. The van der Waals surface area contributed by atoms with Crippen LogP contribution in [0.4, 0.5) is 5.82 Å². The SMILES string of the molecule is CCCCCc1c(NN2CCN(C)CC2)nc2n(c1=O)CCS2. The van der Waals surface area contributed by atoms with Crippen LogP contribution in [0.1, 0.15) is 31.7 Å². The molecule has 0 bridgehead atoms. The van der Waals surface area contributed by atoms with Gasteiger partial charge in [-0.1, -0.05) is 31.5 Å². The normalized spacial score (nSPS) is 19.0. The van der Waals surface area contributed by atoms with Crippen molar-refractivity contribution in [3.05, 3.63) is 15.9 Å². The van der Waals surface area contributed by atoms with E-state index < -0.39 is 0 Å². The molecule has 0 saturated carbocycles. The molecule has 0 atom stereocenters. The average molecular weight is 337 g/mol. The fourth-order valence-corrected chi connectivity index (χ4v) is 3.99. The second kappa shape index (κ2) is 7.68. The van der Waals surface area contributed by atoms with Crippen LogP contribution < -0.4 is 11.0 Å². The minimum atomic E-state index is 0.160. The van der Waals surface area contributed by atoms with Gasteiger partial charge in [0.05, 0.1) is 5.56 Å². The number of fused-ring (bicyclic) bond motifs is 1. The van der Waals surface area contributed by atoms with Crippen molar-refractivity contribution in [1.29, 1.82) is 0 Å². The van der Waals surface area contributed by atoms with Crippen molar-refractivity contribution in [3.8, 4) is 0 Å². The number of rotatable bonds is 6. The molecule has 0 aromatic carbocycles. The van der Waals surface area contributed by atoms with Crippen LogP contribution in [0.3, 0.4) is 0 Å². The van der Waals surface area contributed by atoms with Crippen LogP contribution in [-0.4, -0.2) is 58.4 Å². The zero-order chi connectivity index (χ0) is 16.2. The second-order valence-corrected chi connectivity index (χ2v) is 7.45. The lowest BCUT2D eigenvalue weighted by Gasteiger charge is -2.33. The molecule has 1 saturated heterocycles. The molecule has 128 valence electrons. The van der Waals surface area contributed by atoms with E-state index in [1.54, 1.807) is 11.8 Å². The summed E-state index contributed by atoms with van der Waals surface area (Å²) in [5.41, 5.74) is 4.46. The van der Waals surface area contributed by atoms with Gasteiger partial charge in [0.25, 0.3) is 5.56 Å². The summed E-state index contributed by atoms with van der Waals surface area (Å²) in [6.45, 7) is 6.97. The topological polar surface area (TPSA) is 53.4 Å². The first-order valence-corrected chi connectivity index (χ1v) is 9.64. The maximum absolute atomic E-state index is 12.8. The summed E-state index contributed by atoms with van der Waals surface area (Å²) < 4.78 is 1.85. The summed E-state index contributed by atoms with van der Waals surface area (Å²) in [5.74, 6) is 1.74. The highest BCUT2D eigenvalue weighted by atomic mass is 32.2. The van der Waals surface area contributed by atoms with E-state index in [0.29, 0.717) is 0 Å². The molecule has 23 heavy (non-hydrogen) atoms. The molecule has 2 aliphatic rings. The van der Waals surface area contributed by atoms with E-state index in [-0.39, 0.29) is 5.56 Å². The highest BCUT2D eigenvalue weighted by molar-refractivity contribution is 7.99. The molecule has 3 heterocycles. The third-order valence-electron chi connectivity index (χ3n) is 4.57. The summed E-state index contributed by atoms with van der Waals surface area (Å²) in [5, 5.41) is 3.06. The van der Waals surface area contributed by atoms with Crippen LogP contribution in [0.2, 0.25) is 0 Å². The first-order chi connectivity index (χ1) is 11.2. The Kier molecular flexibility index (Phi) is 5.61. The molecule has 0 amide bonds. The molecule has 0 aliphatic carbocycles. The van der Waals surface area contributed by atoms with Crippen molar-refractivity contribution in [2.45, 2.75) is 44.3 Å². The maximum atomic E-state index is 12.8. The zero-order valence-electron chi connectivity index (χ0n) is 14.2. The van der Waals surface area contributed by atoms with E-state index in [1.165, 1.54) is 0 Å². The Morgan fingerprint density at radius 2 is 1.96 bits per heavy atom. The minimum absolute atomic E-state index is 0.160. The predicted octanol–water partition coefficient (Wildman–Crippen LogP) is 1.66. The maximum Gasteiger partial charge on any atom is 0.259 e. The lowest BCUT2D eigenvalue weighted by Crippen LogP contribution is -2.47.